The second-order valence-electron chi connectivity index (χ2n) is 6.90. The van der Waals surface area contributed by atoms with Gasteiger partial charge < -0.3 is 10.2 Å². The molecule has 1 aromatic carbocycles. The topological polar surface area (TPSA) is 45.2 Å². The summed E-state index contributed by atoms with van der Waals surface area (Å²) in [6.07, 6.45) is 5.71. The lowest BCUT2D eigenvalue weighted by Gasteiger charge is -2.31. The first-order valence-electron chi connectivity index (χ1n) is 8.61. The number of pyridine rings is 1. The average molecular weight is 323 g/mol. The van der Waals surface area contributed by atoms with Gasteiger partial charge in [0, 0.05) is 25.0 Å². The Labute approximate surface area is 143 Å². The number of amides is 1. The van der Waals surface area contributed by atoms with E-state index in [1.54, 1.807) is 12.4 Å². The summed E-state index contributed by atoms with van der Waals surface area (Å²) in [6, 6.07) is 8.19. The zero-order chi connectivity index (χ0) is 17.1. The van der Waals surface area contributed by atoms with E-state index in [9.17, 15) is 4.79 Å². The molecule has 4 heteroatoms. The van der Waals surface area contributed by atoms with Gasteiger partial charge in [0.25, 0.3) is 5.91 Å². The SMILES string of the molecule is Cc1ccc(C)c(Nc2cncc(C(=O)N3CCCC(C)C3)c2)c1. The highest BCUT2D eigenvalue weighted by atomic mass is 16.2. The second-order valence-corrected chi connectivity index (χ2v) is 6.90. The summed E-state index contributed by atoms with van der Waals surface area (Å²) >= 11 is 0. The quantitative estimate of drug-likeness (QED) is 0.915. The van der Waals surface area contributed by atoms with Crippen molar-refractivity contribution in [1.29, 1.82) is 0 Å². The fourth-order valence-corrected chi connectivity index (χ4v) is 3.21. The first-order chi connectivity index (χ1) is 11.5. The van der Waals surface area contributed by atoms with Gasteiger partial charge in [0.05, 0.1) is 17.4 Å². The molecule has 1 aliphatic rings. The minimum absolute atomic E-state index is 0.0821. The van der Waals surface area contributed by atoms with Crippen LogP contribution in [0.3, 0.4) is 0 Å². The van der Waals surface area contributed by atoms with Crippen LogP contribution in [0.2, 0.25) is 0 Å². The maximum Gasteiger partial charge on any atom is 0.255 e. The smallest absolute Gasteiger partial charge is 0.255 e. The average Bonchev–Trinajstić information content (AvgIpc) is 2.58. The number of hydrogen-bond donors (Lipinski definition) is 1. The number of rotatable bonds is 3. The Morgan fingerprint density at radius 2 is 2.08 bits per heavy atom. The lowest BCUT2D eigenvalue weighted by Crippen LogP contribution is -2.39. The van der Waals surface area contributed by atoms with E-state index in [0.29, 0.717) is 11.5 Å². The molecule has 1 atom stereocenters. The fraction of sp³-hybridized carbons (Fsp3) is 0.400. The highest BCUT2D eigenvalue weighted by Gasteiger charge is 2.22. The van der Waals surface area contributed by atoms with Crippen molar-refractivity contribution in [1.82, 2.24) is 9.88 Å². The van der Waals surface area contributed by atoms with E-state index in [4.69, 9.17) is 0 Å². The van der Waals surface area contributed by atoms with Crippen LogP contribution >= 0.6 is 0 Å². The van der Waals surface area contributed by atoms with Crippen LogP contribution in [0.5, 0.6) is 0 Å². The molecule has 1 amide bonds. The van der Waals surface area contributed by atoms with Crippen LogP contribution in [0.25, 0.3) is 0 Å². The predicted octanol–water partition coefficient (Wildman–Crippen LogP) is 4.31. The van der Waals surface area contributed by atoms with Gasteiger partial charge in [-0.1, -0.05) is 19.1 Å². The Kier molecular flexibility index (Phi) is 4.84. The van der Waals surface area contributed by atoms with Crippen LogP contribution in [-0.4, -0.2) is 28.9 Å². The van der Waals surface area contributed by atoms with Crippen molar-refractivity contribution in [2.24, 2.45) is 5.92 Å². The molecular formula is C20H25N3O. The Morgan fingerprint density at radius 3 is 2.88 bits per heavy atom. The van der Waals surface area contributed by atoms with Gasteiger partial charge in [-0.25, -0.2) is 0 Å². The summed E-state index contributed by atoms with van der Waals surface area (Å²) < 4.78 is 0. The lowest BCUT2D eigenvalue weighted by atomic mass is 10.00. The van der Waals surface area contributed by atoms with Gasteiger partial charge in [-0.05, 0) is 55.9 Å². The molecule has 126 valence electrons. The number of piperidine rings is 1. The first kappa shape index (κ1) is 16.5. The van der Waals surface area contributed by atoms with E-state index < -0.39 is 0 Å². The monoisotopic (exact) mass is 323 g/mol. The molecule has 0 aliphatic carbocycles. The minimum atomic E-state index is 0.0821. The summed E-state index contributed by atoms with van der Waals surface area (Å²) in [7, 11) is 0. The summed E-state index contributed by atoms with van der Waals surface area (Å²) in [4.78, 5) is 18.9. The zero-order valence-corrected chi connectivity index (χ0v) is 14.7. The van der Waals surface area contributed by atoms with Crippen molar-refractivity contribution in [3.8, 4) is 0 Å². The molecule has 1 aromatic heterocycles. The van der Waals surface area contributed by atoms with Crippen molar-refractivity contribution in [2.75, 3.05) is 18.4 Å². The molecule has 1 aliphatic heterocycles. The molecular weight excluding hydrogens is 298 g/mol. The number of anilines is 2. The Bertz CT molecular complexity index is 741. The fourth-order valence-electron chi connectivity index (χ4n) is 3.21. The van der Waals surface area contributed by atoms with Gasteiger partial charge >= 0.3 is 0 Å². The van der Waals surface area contributed by atoms with Gasteiger partial charge in [-0.15, -0.1) is 0 Å². The van der Waals surface area contributed by atoms with Gasteiger partial charge in [-0.2, -0.15) is 0 Å². The zero-order valence-electron chi connectivity index (χ0n) is 14.7. The number of hydrogen-bond acceptors (Lipinski definition) is 3. The normalized spacial score (nSPS) is 17.6. The summed E-state index contributed by atoms with van der Waals surface area (Å²) in [6.45, 7) is 8.03. The number of benzene rings is 1. The number of likely N-dealkylation sites (tertiary alicyclic amines) is 1. The van der Waals surface area contributed by atoms with Crippen molar-refractivity contribution < 1.29 is 4.79 Å². The van der Waals surface area contributed by atoms with E-state index >= 15 is 0 Å². The van der Waals surface area contributed by atoms with Crippen molar-refractivity contribution in [2.45, 2.75) is 33.6 Å². The molecule has 1 saturated heterocycles. The molecule has 24 heavy (non-hydrogen) atoms. The summed E-state index contributed by atoms with van der Waals surface area (Å²) in [5.74, 6) is 0.658. The summed E-state index contributed by atoms with van der Waals surface area (Å²) in [5.41, 5.74) is 4.92. The van der Waals surface area contributed by atoms with E-state index in [1.807, 2.05) is 11.0 Å². The molecule has 0 bridgehead atoms. The Balaban J connectivity index is 1.78. The molecule has 0 saturated carbocycles. The number of aromatic nitrogens is 1. The molecule has 1 N–H and O–H groups in total. The number of aryl methyl sites for hydroxylation is 2. The molecule has 4 nitrogen and oxygen atoms in total. The molecule has 2 heterocycles. The Morgan fingerprint density at radius 1 is 1.25 bits per heavy atom. The molecule has 0 spiro atoms. The summed E-state index contributed by atoms with van der Waals surface area (Å²) in [5, 5.41) is 3.39. The molecule has 1 fully saturated rings. The van der Waals surface area contributed by atoms with Crippen LogP contribution < -0.4 is 5.32 Å². The van der Waals surface area contributed by atoms with E-state index in [0.717, 1.165) is 30.9 Å². The maximum atomic E-state index is 12.7. The van der Waals surface area contributed by atoms with Crippen LogP contribution in [-0.2, 0) is 0 Å². The van der Waals surface area contributed by atoms with Gasteiger partial charge in [0.15, 0.2) is 0 Å². The standard InChI is InChI=1S/C20H25N3O/c1-14-6-7-16(3)19(9-14)22-18-10-17(11-21-12-18)20(24)23-8-4-5-15(2)13-23/h6-7,9-12,15,22H,4-5,8,13H2,1-3H3. The van der Waals surface area contributed by atoms with Crippen LogP contribution in [0.4, 0.5) is 11.4 Å². The minimum Gasteiger partial charge on any atom is -0.354 e. The number of carbonyl (C=O) groups is 1. The number of nitrogens with one attached hydrogen (secondary N) is 1. The van der Waals surface area contributed by atoms with Gasteiger partial charge in [-0.3, -0.25) is 9.78 Å². The predicted molar refractivity (Wildman–Crippen MR) is 97.7 cm³/mol. The van der Waals surface area contributed by atoms with Crippen molar-refractivity contribution in [3.63, 3.8) is 0 Å². The number of carbonyl (C=O) groups excluding carboxylic acids is 1. The van der Waals surface area contributed by atoms with E-state index in [2.05, 4.69) is 49.3 Å². The third kappa shape index (κ3) is 3.75. The van der Waals surface area contributed by atoms with Gasteiger partial charge in [0.2, 0.25) is 0 Å². The lowest BCUT2D eigenvalue weighted by molar-refractivity contribution is 0.0682. The molecule has 2 aromatic rings. The third-order valence-electron chi connectivity index (χ3n) is 4.60. The molecule has 3 rings (SSSR count). The van der Waals surface area contributed by atoms with Crippen LogP contribution in [0, 0.1) is 19.8 Å². The highest BCUT2D eigenvalue weighted by molar-refractivity contribution is 5.95. The first-order valence-corrected chi connectivity index (χ1v) is 8.61. The third-order valence-corrected chi connectivity index (χ3v) is 4.60. The Hall–Kier alpha value is -2.36. The largest absolute Gasteiger partial charge is 0.354 e. The van der Waals surface area contributed by atoms with E-state index in [-0.39, 0.29) is 5.91 Å². The van der Waals surface area contributed by atoms with Crippen molar-refractivity contribution >= 4 is 17.3 Å². The van der Waals surface area contributed by atoms with Crippen LogP contribution in [0.1, 0.15) is 41.3 Å². The molecule has 1 unspecified atom stereocenters. The van der Waals surface area contributed by atoms with E-state index in [1.165, 1.54) is 17.5 Å². The maximum absolute atomic E-state index is 12.7. The molecule has 0 radical (unpaired) electrons. The second kappa shape index (κ2) is 7.04. The van der Waals surface area contributed by atoms with Crippen LogP contribution in [0.15, 0.2) is 36.7 Å². The van der Waals surface area contributed by atoms with Crippen molar-refractivity contribution in [3.05, 3.63) is 53.3 Å². The highest BCUT2D eigenvalue weighted by Crippen LogP contribution is 2.23. The van der Waals surface area contributed by atoms with Gasteiger partial charge in [0.1, 0.15) is 0 Å². The number of nitrogens with zero attached hydrogens (tertiary/aromatic N) is 2.